The van der Waals surface area contributed by atoms with Crippen LogP contribution in [0.15, 0.2) is 18.7 Å². The van der Waals surface area contributed by atoms with Gasteiger partial charge in [-0.2, -0.15) is 3.89 Å². The lowest BCUT2D eigenvalue weighted by atomic mass is 10.0. The molecule has 0 spiro atoms. The third-order valence-corrected chi connectivity index (χ3v) is 2.79. The van der Waals surface area contributed by atoms with Crippen LogP contribution in [-0.2, 0) is 0 Å². The molecule has 0 amide bonds. The van der Waals surface area contributed by atoms with Gasteiger partial charge in [-0.1, -0.05) is 25.5 Å². The van der Waals surface area contributed by atoms with Crippen molar-refractivity contribution in [2.24, 2.45) is 0 Å². The topological polar surface area (TPSA) is 0 Å². The van der Waals surface area contributed by atoms with E-state index in [4.69, 9.17) is 0 Å². The third kappa shape index (κ3) is 6.15. The van der Waals surface area contributed by atoms with E-state index < -0.39 is 11.6 Å². The number of hydrogen-bond acceptors (Lipinski definition) is 1. The lowest BCUT2D eigenvalue weighted by Gasteiger charge is -2.05. The summed E-state index contributed by atoms with van der Waals surface area (Å²) in [6, 6.07) is 2.17. The van der Waals surface area contributed by atoms with Gasteiger partial charge < -0.3 is 0 Å². The van der Waals surface area contributed by atoms with Crippen LogP contribution >= 0.6 is 12.1 Å². The first-order chi connectivity index (χ1) is 8.43. The van der Waals surface area contributed by atoms with Crippen LogP contribution in [0.2, 0.25) is 0 Å². The van der Waals surface area contributed by atoms with Gasteiger partial charge in [-0.05, 0) is 37.5 Å². The predicted molar refractivity (Wildman–Crippen MR) is 74.3 cm³/mol. The van der Waals surface area contributed by atoms with Crippen LogP contribution in [0.1, 0.15) is 37.8 Å². The summed E-state index contributed by atoms with van der Waals surface area (Å²) in [7, 11) is 0. The summed E-state index contributed by atoms with van der Waals surface area (Å²) in [5, 5.41) is 0. The van der Waals surface area contributed by atoms with E-state index >= 15 is 0 Å². The number of rotatable bonds is 4. The molecule has 0 saturated carbocycles. The lowest BCUT2D eigenvalue weighted by molar-refractivity contribution is 0.576. The normalized spacial score (nSPS) is 9.67. The quantitative estimate of drug-likeness (QED) is 0.635. The first-order valence-corrected chi connectivity index (χ1v) is 6.67. The van der Waals surface area contributed by atoms with Crippen LogP contribution in [0.25, 0.3) is 5.57 Å². The summed E-state index contributed by atoms with van der Waals surface area (Å²) < 4.78 is 36.7. The maximum atomic E-state index is 12.9. The molecule has 0 N–H and O–H groups in total. The molecular weight excluding hydrogens is 257 g/mol. The molecule has 0 aliphatic rings. The van der Waals surface area contributed by atoms with E-state index in [0.717, 1.165) is 18.9 Å². The Morgan fingerprint density at radius 3 is 2.33 bits per heavy atom. The second-order valence-corrected chi connectivity index (χ2v) is 4.63. The highest BCUT2D eigenvalue weighted by Crippen LogP contribution is 2.20. The fourth-order valence-electron chi connectivity index (χ4n) is 1.29. The largest absolute Gasteiger partial charge is 0.207 e. The molecule has 0 fully saturated rings. The Balaban J connectivity index is 0.000000411. The number of unbranched alkanes of at least 4 members (excludes halogenated alkanes) is 1. The molecule has 0 unspecified atom stereocenters. The van der Waals surface area contributed by atoms with Crippen molar-refractivity contribution in [2.45, 2.75) is 33.6 Å². The fourth-order valence-corrected chi connectivity index (χ4v) is 1.69. The standard InChI is InChI=1S/C10H10F2.C4H9FS/c1-6(2)9-4-8(11)5-10(12)7(9)3;1-2-3-4-6-5/h4-5H,1H2,2-3H3;2-4H2,1H3. The van der Waals surface area contributed by atoms with Gasteiger partial charge in [-0.25, -0.2) is 8.78 Å². The first kappa shape index (κ1) is 17.1. The van der Waals surface area contributed by atoms with Crippen molar-refractivity contribution in [2.75, 3.05) is 5.75 Å². The van der Waals surface area contributed by atoms with Gasteiger partial charge >= 0.3 is 0 Å². The maximum Gasteiger partial charge on any atom is 0.129 e. The molecule has 0 nitrogen and oxygen atoms in total. The second kappa shape index (κ2) is 9.09. The van der Waals surface area contributed by atoms with Gasteiger partial charge in [0.1, 0.15) is 11.6 Å². The molecule has 0 atom stereocenters. The average molecular weight is 276 g/mol. The van der Waals surface area contributed by atoms with Crippen molar-refractivity contribution in [3.05, 3.63) is 41.5 Å². The van der Waals surface area contributed by atoms with Crippen molar-refractivity contribution < 1.29 is 12.7 Å². The molecule has 0 aliphatic heterocycles. The van der Waals surface area contributed by atoms with Crippen molar-refractivity contribution in [3.63, 3.8) is 0 Å². The van der Waals surface area contributed by atoms with Crippen LogP contribution in [0.4, 0.5) is 12.7 Å². The van der Waals surface area contributed by atoms with Crippen LogP contribution in [-0.4, -0.2) is 5.75 Å². The molecule has 1 aromatic rings. The molecule has 0 saturated heterocycles. The average Bonchev–Trinajstić information content (AvgIpc) is 2.31. The van der Waals surface area contributed by atoms with E-state index in [2.05, 4.69) is 13.5 Å². The monoisotopic (exact) mass is 276 g/mol. The summed E-state index contributed by atoms with van der Waals surface area (Å²) >= 11 is 0.426. The van der Waals surface area contributed by atoms with Gasteiger partial charge in [0, 0.05) is 24.0 Å². The molecule has 102 valence electrons. The summed E-state index contributed by atoms with van der Waals surface area (Å²) in [4.78, 5) is 0. The Morgan fingerprint density at radius 2 is 1.94 bits per heavy atom. The second-order valence-electron chi connectivity index (χ2n) is 4.01. The molecule has 18 heavy (non-hydrogen) atoms. The van der Waals surface area contributed by atoms with E-state index in [9.17, 15) is 12.7 Å². The van der Waals surface area contributed by atoms with Gasteiger partial charge in [0.2, 0.25) is 0 Å². The van der Waals surface area contributed by atoms with E-state index in [0.29, 0.717) is 34.6 Å². The highest BCUT2D eigenvalue weighted by Gasteiger charge is 2.06. The summed E-state index contributed by atoms with van der Waals surface area (Å²) in [5.74, 6) is -0.416. The highest BCUT2D eigenvalue weighted by molar-refractivity contribution is 7.94. The maximum absolute atomic E-state index is 12.9. The van der Waals surface area contributed by atoms with Crippen LogP contribution in [0.3, 0.4) is 0 Å². The Labute approximate surface area is 112 Å². The molecule has 1 rings (SSSR count). The lowest BCUT2D eigenvalue weighted by Crippen LogP contribution is -1.92. The summed E-state index contributed by atoms with van der Waals surface area (Å²) in [6.07, 6.45) is 2.10. The Hall–Kier alpha value is -0.900. The van der Waals surface area contributed by atoms with Gasteiger partial charge in [-0.15, -0.1) is 0 Å². The number of allylic oxidation sites excluding steroid dienone is 1. The van der Waals surface area contributed by atoms with Gasteiger partial charge in [0.05, 0.1) is 0 Å². The minimum absolute atomic E-state index is 0.426. The number of benzene rings is 1. The van der Waals surface area contributed by atoms with Crippen molar-refractivity contribution in [1.82, 2.24) is 0 Å². The smallest absolute Gasteiger partial charge is 0.129 e. The molecule has 0 aromatic heterocycles. The molecule has 0 heterocycles. The van der Waals surface area contributed by atoms with Gasteiger partial charge in [0.25, 0.3) is 0 Å². The number of hydrogen-bond donors (Lipinski definition) is 0. The summed E-state index contributed by atoms with van der Waals surface area (Å²) in [5.41, 5.74) is 1.67. The van der Waals surface area contributed by atoms with Crippen LogP contribution in [0.5, 0.6) is 0 Å². The zero-order valence-electron chi connectivity index (χ0n) is 11.0. The zero-order chi connectivity index (χ0) is 14.1. The molecule has 0 bridgehead atoms. The molecule has 0 radical (unpaired) electrons. The van der Waals surface area contributed by atoms with E-state index in [-0.39, 0.29) is 0 Å². The third-order valence-electron chi connectivity index (χ3n) is 2.34. The van der Waals surface area contributed by atoms with Crippen LogP contribution in [0, 0.1) is 18.6 Å². The molecule has 0 aliphatic carbocycles. The molecule has 1 aromatic carbocycles. The van der Waals surface area contributed by atoms with Crippen molar-refractivity contribution in [3.8, 4) is 0 Å². The number of halogens is 3. The van der Waals surface area contributed by atoms with E-state index in [1.165, 1.54) is 6.07 Å². The summed E-state index contributed by atoms with van der Waals surface area (Å²) in [6.45, 7) is 9.02. The fraction of sp³-hybridized carbons (Fsp3) is 0.429. The Kier molecular flexibility index (Phi) is 8.63. The minimum atomic E-state index is -0.559. The first-order valence-electron chi connectivity index (χ1n) is 5.79. The Morgan fingerprint density at radius 1 is 1.33 bits per heavy atom. The van der Waals surface area contributed by atoms with E-state index in [1.54, 1.807) is 13.8 Å². The highest BCUT2D eigenvalue weighted by atomic mass is 32.2. The Bertz CT molecular complexity index is 385. The zero-order valence-corrected chi connectivity index (χ0v) is 11.8. The van der Waals surface area contributed by atoms with Gasteiger partial charge in [0.15, 0.2) is 0 Å². The molecular formula is C14H19F3S. The van der Waals surface area contributed by atoms with Crippen LogP contribution < -0.4 is 0 Å². The predicted octanol–water partition coefficient (Wildman–Crippen LogP) is 5.71. The SMILES string of the molecule is C=C(C)c1cc(F)cc(F)c1C.CCCCSF. The minimum Gasteiger partial charge on any atom is -0.207 e. The molecule has 4 heteroatoms. The van der Waals surface area contributed by atoms with Gasteiger partial charge in [-0.3, -0.25) is 0 Å². The van der Waals surface area contributed by atoms with Crippen molar-refractivity contribution in [1.29, 1.82) is 0 Å². The van der Waals surface area contributed by atoms with Crippen molar-refractivity contribution >= 4 is 17.7 Å². The van der Waals surface area contributed by atoms with E-state index in [1.807, 2.05) is 0 Å².